The van der Waals surface area contributed by atoms with Crippen LogP contribution in [0.3, 0.4) is 0 Å². The number of nitrogens with zero attached hydrogens (tertiary/aromatic N) is 6. The van der Waals surface area contributed by atoms with Gasteiger partial charge in [0.15, 0.2) is 5.82 Å². The Labute approximate surface area is 214 Å². The normalized spacial score (nSPS) is 13.1. The lowest BCUT2D eigenvalue weighted by Crippen LogP contribution is -2.33. The monoisotopic (exact) mass is 498 g/mol. The summed E-state index contributed by atoms with van der Waals surface area (Å²) in [6.45, 7) is 6.11. The zero-order valence-electron chi connectivity index (χ0n) is 21.1. The molecule has 0 saturated heterocycles. The highest BCUT2D eigenvalue weighted by Crippen LogP contribution is 2.39. The lowest BCUT2D eigenvalue weighted by Gasteiger charge is -2.31. The number of carbonyl (C=O) groups is 1. The Morgan fingerprint density at radius 1 is 1.16 bits per heavy atom. The molecule has 0 fully saturated rings. The molecule has 0 unspecified atom stereocenters. The van der Waals surface area contributed by atoms with Gasteiger partial charge in [-0.2, -0.15) is 5.10 Å². The fraction of sp³-hybridized carbons (Fsp3) is 0.321. The van der Waals surface area contributed by atoms with E-state index in [9.17, 15) is 9.90 Å². The number of anilines is 1. The van der Waals surface area contributed by atoms with Crippen molar-refractivity contribution in [3.05, 3.63) is 59.9 Å². The van der Waals surface area contributed by atoms with Crippen molar-refractivity contribution >= 4 is 33.9 Å². The van der Waals surface area contributed by atoms with Crippen LogP contribution in [0.1, 0.15) is 29.3 Å². The molecule has 9 heteroatoms. The van der Waals surface area contributed by atoms with Gasteiger partial charge in [0, 0.05) is 55.5 Å². The van der Waals surface area contributed by atoms with Crippen LogP contribution < -0.4 is 9.64 Å². The Kier molecular flexibility index (Phi) is 5.92. The van der Waals surface area contributed by atoms with Gasteiger partial charge in [-0.3, -0.25) is 9.48 Å². The number of ether oxygens (including phenoxy) is 1. The number of rotatable bonds is 9. The van der Waals surface area contributed by atoms with Crippen LogP contribution in [-0.2, 0) is 19.6 Å². The highest BCUT2D eigenvalue weighted by atomic mass is 16.5. The van der Waals surface area contributed by atoms with Crippen LogP contribution in [0.25, 0.3) is 33.5 Å². The molecule has 0 spiro atoms. The van der Waals surface area contributed by atoms with Crippen molar-refractivity contribution in [2.75, 3.05) is 31.7 Å². The minimum absolute atomic E-state index is 0.183. The van der Waals surface area contributed by atoms with Crippen molar-refractivity contribution in [1.82, 2.24) is 23.9 Å². The number of aliphatic hydroxyl groups excluding tert-OH is 1. The fourth-order valence-corrected chi connectivity index (χ4v) is 5.48. The summed E-state index contributed by atoms with van der Waals surface area (Å²) in [4.78, 5) is 19.1. The number of hydrogen-bond acceptors (Lipinski definition) is 6. The van der Waals surface area contributed by atoms with Crippen LogP contribution in [0, 0.1) is 0 Å². The van der Waals surface area contributed by atoms with Gasteiger partial charge in [-0.05, 0) is 37.6 Å². The van der Waals surface area contributed by atoms with Crippen LogP contribution in [0.5, 0.6) is 5.75 Å². The summed E-state index contributed by atoms with van der Waals surface area (Å²) in [6, 6.07) is 12.2. The molecule has 1 N–H and O–H groups in total. The minimum atomic E-state index is 0.183. The first-order valence-corrected chi connectivity index (χ1v) is 12.7. The quantitative estimate of drug-likeness (QED) is 0.310. The van der Waals surface area contributed by atoms with Crippen molar-refractivity contribution in [2.24, 2.45) is 0 Å². The van der Waals surface area contributed by atoms with Crippen molar-refractivity contribution in [3.63, 3.8) is 0 Å². The summed E-state index contributed by atoms with van der Waals surface area (Å²) in [5, 5.41) is 15.0. The van der Waals surface area contributed by atoms with Crippen LogP contribution in [0.15, 0.2) is 48.8 Å². The number of carbonyl (C=O) groups excluding carboxylic acids is 1. The van der Waals surface area contributed by atoms with E-state index in [1.807, 2.05) is 16.9 Å². The van der Waals surface area contributed by atoms with Gasteiger partial charge in [-0.15, -0.1) is 0 Å². The SMILES string of the molecule is CCn1cc(Cn2c(-c3cc4cccc5c4n3CCN5CCCO)nc3cc(C=O)cc(OC)c32)cn1. The Morgan fingerprint density at radius 3 is 2.81 bits per heavy atom. The van der Waals surface area contributed by atoms with Gasteiger partial charge >= 0.3 is 0 Å². The zero-order valence-corrected chi connectivity index (χ0v) is 21.1. The molecule has 5 aromatic rings. The number of benzene rings is 2. The van der Waals surface area contributed by atoms with Crippen LogP contribution in [0.4, 0.5) is 5.69 Å². The number of para-hydroxylation sites is 1. The molecule has 4 heterocycles. The number of aromatic nitrogens is 5. The molecule has 1 aliphatic rings. The first kappa shape index (κ1) is 23.3. The number of aryl methyl sites for hydroxylation is 1. The second-order valence-electron chi connectivity index (χ2n) is 9.39. The molecule has 6 rings (SSSR count). The van der Waals surface area contributed by atoms with Crippen molar-refractivity contribution in [2.45, 2.75) is 33.0 Å². The summed E-state index contributed by atoms with van der Waals surface area (Å²) in [6.07, 6.45) is 5.51. The predicted octanol–water partition coefficient (Wildman–Crippen LogP) is 3.95. The third-order valence-electron chi connectivity index (χ3n) is 7.18. The summed E-state index contributed by atoms with van der Waals surface area (Å²) >= 11 is 0. The fourth-order valence-electron chi connectivity index (χ4n) is 5.48. The van der Waals surface area contributed by atoms with E-state index < -0.39 is 0 Å². The summed E-state index contributed by atoms with van der Waals surface area (Å²) in [7, 11) is 1.62. The van der Waals surface area contributed by atoms with Crippen molar-refractivity contribution < 1.29 is 14.6 Å². The molecule has 37 heavy (non-hydrogen) atoms. The molecule has 1 aliphatic heterocycles. The van der Waals surface area contributed by atoms with Gasteiger partial charge in [-0.1, -0.05) is 12.1 Å². The topological polar surface area (TPSA) is 90.3 Å². The van der Waals surface area contributed by atoms with E-state index in [1.54, 1.807) is 13.2 Å². The third-order valence-corrected chi connectivity index (χ3v) is 7.18. The number of hydrogen-bond donors (Lipinski definition) is 1. The molecule has 0 aliphatic carbocycles. The van der Waals surface area contributed by atoms with Gasteiger partial charge in [0.1, 0.15) is 17.6 Å². The van der Waals surface area contributed by atoms with Crippen molar-refractivity contribution in [3.8, 4) is 17.3 Å². The maximum Gasteiger partial charge on any atom is 0.158 e. The minimum Gasteiger partial charge on any atom is -0.494 e. The van der Waals surface area contributed by atoms with Gasteiger partial charge in [0.2, 0.25) is 0 Å². The second-order valence-corrected chi connectivity index (χ2v) is 9.39. The predicted molar refractivity (Wildman–Crippen MR) is 144 cm³/mol. The standard InChI is InChI=1S/C28H30N6O3/c1-3-32-16-20(15-29-32)17-34-27-22(12-19(18-36)13-25(27)37-2)30-28(34)24-14-21-6-4-7-23-26(21)33(24)10-9-31(23)8-5-11-35/h4,6-7,12-16,18,35H,3,5,8-11,17H2,1-2H3. The molecule has 2 aromatic carbocycles. The van der Waals surface area contributed by atoms with Crippen LogP contribution >= 0.6 is 0 Å². The Balaban J connectivity index is 1.58. The Bertz CT molecular complexity index is 1610. The third kappa shape index (κ3) is 3.86. The first-order valence-electron chi connectivity index (χ1n) is 12.7. The number of methoxy groups -OCH3 is 1. The lowest BCUT2D eigenvalue weighted by molar-refractivity contribution is 0.112. The van der Waals surface area contributed by atoms with Gasteiger partial charge in [0.05, 0.1) is 42.3 Å². The molecular formula is C28H30N6O3. The van der Waals surface area contributed by atoms with Crippen LogP contribution in [0.2, 0.25) is 0 Å². The smallest absolute Gasteiger partial charge is 0.158 e. The Morgan fingerprint density at radius 2 is 2.05 bits per heavy atom. The molecule has 0 radical (unpaired) electrons. The summed E-state index contributed by atoms with van der Waals surface area (Å²) in [5.41, 5.74) is 6.55. The zero-order chi connectivity index (χ0) is 25.5. The van der Waals surface area contributed by atoms with E-state index in [0.29, 0.717) is 17.9 Å². The van der Waals surface area contributed by atoms with E-state index in [-0.39, 0.29) is 6.61 Å². The largest absolute Gasteiger partial charge is 0.494 e. The molecule has 0 saturated carbocycles. The average Bonchev–Trinajstić information content (AvgIpc) is 3.64. The van der Waals surface area contributed by atoms with Gasteiger partial charge in [-0.25, -0.2) is 4.98 Å². The van der Waals surface area contributed by atoms with Gasteiger partial charge < -0.3 is 23.9 Å². The molecule has 3 aromatic heterocycles. The summed E-state index contributed by atoms with van der Waals surface area (Å²) in [5.74, 6) is 1.44. The maximum atomic E-state index is 11.7. The molecule has 190 valence electrons. The number of imidazole rings is 1. The van der Waals surface area contributed by atoms with E-state index in [2.05, 4.69) is 56.5 Å². The van der Waals surface area contributed by atoms with E-state index >= 15 is 0 Å². The Hall–Kier alpha value is -4.11. The second kappa shape index (κ2) is 9.40. The van der Waals surface area contributed by atoms with E-state index in [4.69, 9.17) is 9.72 Å². The lowest BCUT2D eigenvalue weighted by atomic mass is 10.1. The van der Waals surface area contributed by atoms with Crippen molar-refractivity contribution in [1.29, 1.82) is 0 Å². The number of aliphatic hydroxyl groups is 1. The van der Waals surface area contributed by atoms with E-state index in [1.165, 1.54) is 11.2 Å². The first-order chi connectivity index (χ1) is 18.1. The molecule has 0 amide bonds. The summed E-state index contributed by atoms with van der Waals surface area (Å²) < 4.78 is 12.2. The highest BCUT2D eigenvalue weighted by Gasteiger charge is 2.26. The van der Waals surface area contributed by atoms with Gasteiger partial charge in [0.25, 0.3) is 0 Å². The molecule has 0 bridgehead atoms. The maximum absolute atomic E-state index is 11.7. The highest BCUT2D eigenvalue weighted by molar-refractivity contribution is 5.98. The molecule has 9 nitrogen and oxygen atoms in total. The average molecular weight is 499 g/mol. The van der Waals surface area contributed by atoms with Crippen LogP contribution in [-0.4, -0.2) is 62.1 Å². The number of fused-ring (bicyclic) bond motifs is 1. The van der Waals surface area contributed by atoms with E-state index in [0.717, 1.165) is 72.4 Å². The molecular weight excluding hydrogens is 468 g/mol. The molecule has 0 atom stereocenters. The number of aldehydes is 1.